The normalized spacial score (nSPS) is 22.0. The first-order valence-electron chi connectivity index (χ1n) is 10.7. The SMILES string of the molecule is CC(C)n1ncnc1-c1cn2c(n1)-c1cnc(C3C[C@H](C#N)C[C@H]3C(N)=O)cc1OCC2. The van der Waals surface area contributed by atoms with Crippen molar-refractivity contribution in [3.63, 3.8) is 0 Å². The van der Waals surface area contributed by atoms with Crippen LogP contribution in [0.25, 0.3) is 22.9 Å². The van der Waals surface area contributed by atoms with Gasteiger partial charge in [0.1, 0.15) is 30.2 Å². The molecule has 4 heterocycles. The Bertz CT molecular complexity index is 1220. The Morgan fingerprint density at radius 3 is 2.91 bits per heavy atom. The maximum atomic E-state index is 12.0. The van der Waals surface area contributed by atoms with E-state index in [0.717, 1.165) is 22.8 Å². The summed E-state index contributed by atoms with van der Waals surface area (Å²) in [5.74, 6) is 0.961. The van der Waals surface area contributed by atoms with Gasteiger partial charge in [0.25, 0.3) is 0 Å². The van der Waals surface area contributed by atoms with Crippen molar-refractivity contribution >= 4 is 5.91 Å². The number of nitrogens with two attached hydrogens (primary N) is 1. The number of hydrogen-bond donors (Lipinski definition) is 1. The summed E-state index contributed by atoms with van der Waals surface area (Å²) in [7, 11) is 0. The van der Waals surface area contributed by atoms with Crippen LogP contribution in [0.5, 0.6) is 5.75 Å². The summed E-state index contributed by atoms with van der Waals surface area (Å²) in [6.45, 7) is 5.20. The molecule has 1 unspecified atom stereocenters. The number of primary amides is 1. The van der Waals surface area contributed by atoms with Crippen LogP contribution >= 0.6 is 0 Å². The van der Waals surface area contributed by atoms with Crippen LogP contribution in [0.4, 0.5) is 0 Å². The van der Waals surface area contributed by atoms with Gasteiger partial charge < -0.3 is 15.0 Å². The van der Waals surface area contributed by atoms with Gasteiger partial charge in [-0.25, -0.2) is 14.6 Å². The maximum Gasteiger partial charge on any atom is 0.221 e. The summed E-state index contributed by atoms with van der Waals surface area (Å²) in [5.41, 5.74) is 7.86. The van der Waals surface area contributed by atoms with Crippen LogP contribution in [0.15, 0.2) is 24.8 Å². The Balaban J connectivity index is 1.53. The molecule has 1 aliphatic heterocycles. The third-order valence-corrected chi connectivity index (χ3v) is 6.28. The van der Waals surface area contributed by atoms with Gasteiger partial charge in [-0.3, -0.25) is 9.78 Å². The van der Waals surface area contributed by atoms with Crippen LogP contribution in [0.2, 0.25) is 0 Å². The molecule has 0 saturated heterocycles. The van der Waals surface area contributed by atoms with Gasteiger partial charge in [0, 0.05) is 47.9 Å². The summed E-state index contributed by atoms with van der Waals surface area (Å²) in [6, 6.07) is 4.30. The average molecular weight is 432 g/mol. The Labute approximate surface area is 185 Å². The monoisotopic (exact) mass is 432 g/mol. The molecule has 2 N–H and O–H groups in total. The van der Waals surface area contributed by atoms with Crippen molar-refractivity contribution in [3.05, 3.63) is 30.5 Å². The van der Waals surface area contributed by atoms with Gasteiger partial charge in [-0.1, -0.05) is 0 Å². The molecule has 10 nitrogen and oxygen atoms in total. The van der Waals surface area contributed by atoms with Crippen molar-refractivity contribution in [2.24, 2.45) is 17.6 Å². The zero-order valence-corrected chi connectivity index (χ0v) is 18.0. The lowest BCUT2D eigenvalue weighted by molar-refractivity contribution is -0.122. The Morgan fingerprint density at radius 2 is 2.16 bits per heavy atom. The third-order valence-electron chi connectivity index (χ3n) is 6.28. The number of aromatic nitrogens is 6. The highest BCUT2D eigenvalue weighted by Crippen LogP contribution is 2.44. The predicted molar refractivity (Wildman–Crippen MR) is 114 cm³/mol. The van der Waals surface area contributed by atoms with E-state index in [-0.39, 0.29) is 23.8 Å². The van der Waals surface area contributed by atoms with Gasteiger partial charge in [-0.2, -0.15) is 10.4 Å². The number of nitriles is 1. The van der Waals surface area contributed by atoms with E-state index in [1.165, 1.54) is 6.33 Å². The van der Waals surface area contributed by atoms with Crippen LogP contribution < -0.4 is 10.5 Å². The molecule has 2 aliphatic rings. The van der Waals surface area contributed by atoms with E-state index >= 15 is 0 Å². The minimum Gasteiger partial charge on any atom is -0.491 e. The fraction of sp³-hybridized carbons (Fsp3) is 0.455. The zero-order chi connectivity index (χ0) is 22.4. The van der Waals surface area contributed by atoms with E-state index in [1.807, 2.05) is 35.4 Å². The highest BCUT2D eigenvalue weighted by atomic mass is 16.5. The molecule has 164 valence electrons. The average Bonchev–Trinajstić information content (AvgIpc) is 3.49. The molecule has 0 radical (unpaired) electrons. The lowest BCUT2D eigenvalue weighted by atomic mass is 9.91. The molecule has 5 rings (SSSR count). The lowest BCUT2D eigenvalue weighted by Crippen LogP contribution is -2.25. The van der Waals surface area contributed by atoms with Gasteiger partial charge in [0.2, 0.25) is 5.91 Å². The van der Waals surface area contributed by atoms with E-state index in [9.17, 15) is 10.1 Å². The minimum absolute atomic E-state index is 0.163. The second-order valence-corrected chi connectivity index (χ2v) is 8.63. The maximum absolute atomic E-state index is 12.0. The van der Waals surface area contributed by atoms with E-state index < -0.39 is 5.92 Å². The first-order valence-corrected chi connectivity index (χ1v) is 10.7. The van der Waals surface area contributed by atoms with Crippen LogP contribution in [0.1, 0.15) is 44.3 Å². The van der Waals surface area contributed by atoms with Crippen molar-refractivity contribution in [3.8, 4) is 34.7 Å². The second-order valence-electron chi connectivity index (χ2n) is 8.63. The van der Waals surface area contributed by atoms with Crippen LogP contribution in [0, 0.1) is 23.2 Å². The van der Waals surface area contributed by atoms with E-state index in [4.69, 9.17) is 15.5 Å². The number of nitrogens with zero attached hydrogens (tertiary/aromatic N) is 7. The molecular formula is C22H24N8O2. The quantitative estimate of drug-likeness (QED) is 0.667. The molecule has 0 spiro atoms. The summed E-state index contributed by atoms with van der Waals surface area (Å²) >= 11 is 0. The summed E-state index contributed by atoms with van der Waals surface area (Å²) in [6.07, 6.45) is 6.28. The standard InChI is InChI=1S/C22H24N8O2/c1-12(2)30-22(26-11-27-30)18-10-29-3-4-32-19-7-17(25-9-16(19)21(29)28-18)14-5-13(8-23)6-15(14)20(24)31/h7,9-15H,3-6H2,1-2H3,(H2,24,31)/t13-,14?,15+/m0/s1. The number of imidazole rings is 1. The first kappa shape index (κ1) is 20.2. The van der Waals surface area contributed by atoms with Crippen molar-refractivity contribution in [2.45, 2.75) is 45.2 Å². The number of amides is 1. The van der Waals surface area contributed by atoms with Crippen molar-refractivity contribution in [2.75, 3.05) is 6.61 Å². The molecule has 32 heavy (non-hydrogen) atoms. The fourth-order valence-corrected chi connectivity index (χ4v) is 4.70. The molecule has 1 aliphatic carbocycles. The third kappa shape index (κ3) is 3.30. The fourth-order valence-electron chi connectivity index (χ4n) is 4.70. The molecule has 0 bridgehead atoms. The number of ether oxygens (including phenoxy) is 1. The van der Waals surface area contributed by atoms with Gasteiger partial charge in [-0.15, -0.1) is 0 Å². The molecule has 1 saturated carbocycles. The Hall–Kier alpha value is -3.74. The lowest BCUT2D eigenvalue weighted by Gasteiger charge is -2.17. The van der Waals surface area contributed by atoms with Crippen molar-refractivity contribution < 1.29 is 9.53 Å². The first-order chi connectivity index (χ1) is 15.5. The Kier molecular flexibility index (Phi) is 4.89. The topological polar surface area (TPSA) is 138 Å². The highest BCUT2D eigenvalue weighted by molar-refractivity contribution is 5.78. The number of carbonyl (C=O) groups excluding carboxylic acids is 1. The van der Waals surface area contributed by atoms with Gasteiger partial charge in [-0.05, 0) is 26.7 Å². The second kappa shape index (κ2) is 7.75. The molecule has 3 atom stereocenters. The van der Waals surface area contributed by atoms with Crippen molar-refractivity contribution in [1.29, 1.82) is 5.26 Å². The Morgan fingerprint density at radius 1 is 1.31 bits per heavy atom. The smallest absolute Gasteiger partial charge is 0.221 e. The molecule has 3 aromatic rings. The molecule has 10 heteroatoms. The largest absolute Gasteiger partial charge is 0.491 e. The number of hydrogen-bond acceptors (Lipinski definition) is 7. The van der Waals surface area contributed by atoms with E-state index in [0.29, 0.717) is 37.6 Å². The van der Waals surface area contributed by atoms with Gasteiger partial charge in [0.15, 0.2) is 5.82 Å². The van der Waals surface area contributed by atoms with Crippen LogP contribution in [0.3, 0.4) is 0 Å². The highest BCUT2D eigenvalue weighted by Gasteiger charge is 2.40. The number of rotatable bonds is 4. The molecular weight excluding hydrogens is 408 g/mol. The van der Waals surface area contributed by atoms with E-state index in [2.05, 4.69) is 21.1 Å². The van der Waals surface area contributed by atoms with Gasteiger partial charge in [0.05, 0.1) is 18.2 Å². The van der Waals surface area contributed by atoms with Crippen molar-refractivity contribution in [1.82, 2.24) is 29.3 Å². The van der Waals surface area contributed by atoms with Crippen LogP contribution in [-0.4, -0.2) is 41.8 Å². The number of carbonyl (C=O) groups is 1. The zero-order valence-electron chi connectivity index (χ0n) is 18.0. The minimum atomic E-state index is -0.396. The number of pyridine rings is 1. The predicted octanol–water partition coefficient (Wildman–Crippen LogP) is 2.30. The molecule has 0 aromatic carbocycles. The number of fused-ring (bicyclic) bond motifs is 3. The van der Waals surface area contributed by atoms with Crippen LogP contribution in [-0.2, 0) is 11.3 Å². The molecule has 1 amide bonds. The summed E-state index contributed by atoms with van der Waals surface area (Å²) in [4.78, 5) is 25.9. The van der Waals surface area contributed by atoms with Gasteiger partial charge >= 0.3 is 0 Å². The summed E-state index contributed by atoms with van der Waals surface area (Å²) in [5, 5.41) is 13.6. The molecule has 3 aromatic heterocycles. The molecule has 1 fully saturated rings. The summed E-state index contributed by atoms with van der Waals surface area (Å²) < 4.78 is 9.90. The van der Waals surface area contributed by atoms with E-state index in [1.54, 1.807) is 6.20 Å².